The lowest BCUT2D eigenvalue weighted by atomic mass is 9.79. The number of carbonyl (C=O) groups is 1. The van der Waals surface area contributed by atoms with Gasteiger partial charge in [0.15, 0.2) is 0 Å². The van der Waals surface area contributed by atoms with Crippen LogP contribution in [0.1, 0.15) is 50.0 Å². The van der Waals surface area contributed by atoms with Crippen molar-refractivity contribution in [2.24, 2.45) is 5.41 Å². The molecule has 2 aliphatic rings. The number of amides is 1. The second-order valence-corrected chi connectivity index (χ2v) is 6.40. The van der Waals surface area contributed by atoms with E-state index in [4.69, 9.17) is 0 Å². The van der Waals surface area contributed by atoms with Gasteiger partial charge in [-0.2, -0.15) is 0 Å². The zero-order valence-corrected chi connectivity index (χ0v) is 13.5. The van der Waals surface area contributed by atoms with Crippen LogP contribution in [0.15, 0.2) is 12.4 Å². The van der Waals surface area contributed by atoms with Crippen molar-refractivity contribution in [2.45, 2.75) is 52.0 Å². The standard InChI is InChI=1S/C16H22F2N4O/c1-3-16(14(17)18)6-4-7-21-8-5-13(22(21)15(16)23)12-10-19-11(2)9-20-12/h9-10,13-14H,3-8H2,1-2H3/t13-,16?/m0/s1. The van der Waals surface area contributed by atoms with Gasteiger partial charge in [-0.3, -0.25) is 19.8 Å². The summed E-state index contributed by atoms with van der Waals surface area (Å²) in [5.74, 6) is -0.461. The fourth-order valence-electron chi connectivity index (χ4n) is 3.63. The Morgan fingerprint density at radius 1 is 1.35 bits per heavy atom. The Hall–Kier alpha value is -1.63. The first-order valence-corrected chi connectivity index (χ1v) is 8.15. The lowest BCUT2D eigenvalue weighted by molar-refractivity contribution is -0.166. The van der Waals surface area contributed by atoms with Gasteiger partial charge in [-0.15, -0.1) is 0 Å². The van der Waals surface area contributed by atoms with Gasteiger partial charge in [0.25, 0.3) is 6.43 Å². The third-order valence-corrected chi connectivity index (χ3v) is 5.12. The highest BCUT2D eigenvalue weighted by molar-refractivity contribution is 5.83. The second-order valence-electron chi connectivity index (χ2n) is 6.40. The molecule has 23 heavy (non-hydrogen) atoms. The molecule has 1 unspecified atom stereocenters. The Kier molecular flexibility index (Phi) is 4.31. The first-order chi connectivity index (χ1) is 11.0. The number of carbonyl (C=O) groups excluding carboxylic acids is 1. The summed E-state index contributed by atoms with van der Waals surface area (Å²) in [5, 5.41) is 3.45. The summed E-state index contributed by atoms with van der Waals surface area (Å²) in [7, 11) is 0. The molecule has 3 heterocycles. The van der Waals surface area contributed by atoms with Crippen LogP contribution in [0, 0.1) is 12.3 Å². The number of hydrazine groups is 1. The van der Waals surface area contributed by atoms with E-state index >= 15 is 0 Å². The molecule has 0 aliphatic carbocycles. The fraction of sp³-hybridized carbons (Fsp3) is 0.688. The summed E-state index contributed by atoms with van der Waals surface area (Å²) in [6, 6.07) is -0.293. The molecule has 3 rings (SSSR count). The third-order valence-electron chi connectivity index (χ3n) is 5.12. The molecule has 2 atom stereocenters. The molecular formula is C16H22F2N4O. The maximum atomic E-state index is 13.8. The highest BCUT2D eigenvalue weighted by Gasteiger charge is 2.53. The maximum absolute atomic E-state index is 13.8. The molecule has 7 heteroatoms. The highest BCUT2D eigenvalue weighted by atomic mass is 19.3. The van der Waals surface area contributed by atoms with Crippen molar-refractivity contribution >= 4 is 5.91 Å². The van der Waals surface area contributed by atoms with Gasteiger partial charge in [0, 0.05) is 19.3 Å². The largest absolute Gasteiger partial charge is 0.273 e. The van der Waals surface area contributed by atoms with Gasteiger partial charge >= 0.3 is 0 Å². The molecule has 1 aromatic heterocycles. The third kappa shape index (κ3) is 2.60. The molecule has 0 aromatic carbocycles. The summed E-state index contributed by atoms with van der Waals surface area (Å²) >= 11 is 0. The quantitative estimate of drug-likeness (QED) is 0.858. The molecule has 0 bridgehead atoms. The first-order valence-electron chi connectivity index (χ1n) is 8.15. The number of halogens is 2. The number of alkyl halides is 2. The summed E-state index contributed by atoms with van der Waals surface area (Å²) in [6.07, 6.45) is 2.35. The zero-order chi connectivity index (χ0) is 16.6. The number of aryl methyl sites for hydroxylation is 1. The summed E-state index contributed by atoms with van der Waals surface area (Å²) in [6.45, 7) is 4.84. The Morgan fingerprint density at radius 2 is 2.13 bits per heavy atom. The minimum atomic E-state index is -2.65. The molecule has 2 fully saturated rings. The van der Waals surface area contributed by atoms with Crippen molar-refractivity contribution in [3.63, 3.8) is 0 Å². The number of hydrogen-bond acceptors (Lipinski definition) is 4. The van der Waals surface area contributed by atoms with Crippen molar-refractivity contribution in [1.29, 1.82) is 0 Å². The Labute approximate surface area is 134 Å². The number of hydrogen-bond donors (Lipinski definition) is 0. The fourth-order valence-corrected chi connectivity index (χ4v) is 3.63. The van der Waals surface area contributed by atoms with Crippen molar-refractivity contribution in [1.82, 2.24) is 20.0 Å². The smallest absolute Gasteiger partial charge is 0.252 e. The zero-order valence-electron chi connectivity index (χ0n) is 13.5. The van der Waals surface area contributed by atoms with E-state index in [1.54, 1.807) is 24.3 Å². The van der Waals surface area contributed by atoms with Gasteiger partial charge in [0.1, 0.15) is 5.41 Å². The highest BCUT2D eigenvalue weighted by Crippen LogP contribution is 2.44. The van der Waals surface area contributed by atoms with Crippen molar-refractivity contribution in [3.05, 3.63) is 23.8 Å². The van der Waals surface area contributed by atoms with E-state index in [0.29, 0.717) is 31.6 Å². The molecule has 5 nitrogen and oxygen atoms in total. The monoisotopic (exact) mass is 324 g/mol. The Bertz CT molecular complexity index is 580. The minimum Gasteiger partial charge on any atom is -0.273 e. The average Bonchev–Trinajstić information content (AvgIpc) is 2.89. The van der Waals surface area contributed by atoms with Crippen LogP contribution in [0.25, 0.3) is 0 Å². The average molecular weight is 324 g/mol. The van der Waals surface area contributed by atoms with E-state index in [2.05, 4.69) is 9.97 Å². The van der Waals surface area contributed by atoms with Crippen molar-refractivity contribution < 1.29 is 13.6 Å². The normalized spacial score (nSPS) is 29.0. The lowest BCUT2D eigenvalue weighted by Gasteiger charge is -2.37. The topological polar surface area (TPSA) is 49.3 Å². The Balaban J connectivity index is 1.97. The number of rotatable bonds is 3. The second kappa shape index (κ2) is 6.11. The molecule has 126 valence electrons. The number of fused-ring (bicyclic) bond motifs is 1. The van der Waals surface area contributed by atoms with Gasteiger partial charge in [-0.1, -0.05) is 6.92 Å². The van der Waals surface area contributed by atoms with E-state index in [0.717, 1.165) is 5.69 Å². The van der Waals surface area contributed by atoms with Crippen molar-refractivity contribution in [3.8, 4) is 0 Å². The van der Waals surface area contributed by atoms with Crippen LogP contribution >= 0.6 is 0 Å². The van der Waals surface area contributed by atoms with E-state index in [1.807, 2.05) is 11.9 Å². The molecule has 0 radical (unpaired) electrons. The van der Waals surface area contributed by atoms with E-state index in [9.17, 15) is 13.6 Å². The molecule has 1 amide bonds. The first kappa shape index (κ1) is 16.2. The van der Waals surface area contributed by atoms with Crippen LogP contribution in [-0.4, -0.2) is 45.4 Å². The Morgan fingerprint density at radius 3 is 2.74 bits per heavy atom. The predicted molar refractivity (Wildman–Crippen MR) is 80.5 cm³/mol. The van der Waals surface area contributed by atoms with Crippen LogP contribution in [0.2, 0.25) is 0 Å². The molecular weight excluding hydrogens is 302 g/mol. The van der Waals surface area contributed by atoms with E-state index < -0.39 is 17.7 Å². The van der Waals surface area contributed by atoms with Gasteiger partial charge in [-0.25, -0.2) is 13.8 Å². The maximum Gasteiger partial charge on any atom is 0.252 e. The van der Waals surface area contributed by atoms with Gasteiger partial charge in [-0.05, 0) is 32.6 Å². The van der Waals surface area contributed by atoms with Crippen LogP contribution in [0.4, 0.5) is 8.78 Å². The SMILES string of the molecule is CCC1(C(F)F)CCCN2CC[C@@H](c3cnc(C)cn3)N2C1=O. The van der Waals surface area contributed by atoms with Crippen LogP contribution in [0.5, 0.6) is 0 Å². The lowest BCUT2D eigenvalue weighted by Crippen LogP contribution is -2.50. The van der Waals surface area contributed by atoms with Crippen LogP contribution < -0.4 is 0 Å². The predicted octanol–water partition coefficient (Wildman–Crippen LogP) is 2.73. The molecule has 0 saturated carbocycles. The van der Waals surface area contributed by atoms with Crippen LogP contribution in [-0.2, 0) is 4.79 Å². The minimum absolute atomic E-state index is 0.153. The molecule has 2 aliphatic heterocycles. The van der Waals surface area contributed by atoms with Gasteiger partial charge in [0.2, 0.25) is 5.91 Å². The summed E-state index contributed by atoms with van der Waals surface area (Å²) in [4.78, 5) is 21.6. The molecule has 0 spiro atoms. The molecule has 0 N–H and O–H groups in total. The van der Waals surface area contributed by atoms with Crippen molar-refractivity contribution in [2.75, 3.05) is 13.1 Å². The summed E-state index contributed by atoms with van der Waals surface area (Å²) < 4.78 is 27.5. The van der Waals surface area contributed by atoms with Gasteiger partial charge < -0.3 is 0 Å². The van der Waals surface area contributed by atoms with E-state index in [1.165, 1.54) is 0 Å². The molecule has 1 aromatic rings. The summed E-state index contributed by atoms with van der Waals surface area (Å²) in [5.41, 5.74) is -0.107. The van der Waals surface area contributed by atoms with Gasteiger partial charge in [0.05, 0.1) is 23.6 Å². The van der Waals surface area contributed by atoms with Crippen LogP contribution in [0.3, 0.4) is 0 Å². The number of nitrogens with zero attached hydrogens (tertiary/aromatic N) is 4. The molecule has 2 saturated heterocycles. The van der Waals surface area contributed by atoms with E-state index in [-0.39, 0.29) is 18.9 Å². The number of aromatic nitrogens is 2.